The van der Waals surface area contributed by atoms with E-state index < -0.39 is 0 Å². The fourth-order valence-electron chi connectivity index (χ4n) is 3.69. The van der Waals surface area contributed by atoms with Crippen LogP contribution in [0, 0.1) is 0 Å². The second-order valence-electron chi connectivity index (χ2n) is 8.32. The van der Waals surface area contributed by atoms with Crippen LogP contribution in [0.1, 0.15) is 62.0 Å². The molecule has 1 aliphatic carbocycles. The number of fused-ring (bicyclic) bond motifs is 1. The molecule has 1 aliphatic rings. The molecule has 0 spiro atoms. The average Bonchev–Trinajstić information content (AvgIpc) is 2.64. The van der Waals surface area contributed by atoms with Crippen LogP contribution in [0.25, 0.3) is 11.1 Å². The number of ether oxygens (including phenoxy) is 2. The normalized spacial score (nSPS) is 15.3. The molecule has 3 rings (SSSR count). The Morgan fingerprint density at radius 1 is 1.11 bits per heavy atom. The third kappa shape index (κ3) is 4.11. The van der Waals surface area contributed by atoms with Crippen molar-refractivity contribution in [2.45, 2.75) is 58.5 Å². The minimum absolute atomic E-state index is 0.0142. The number of carbonyl (C=O) groups is 2. The molecule has 0 fully saturated rings. The molecule has 4 heteroatoms. The van der Waals surface area contributed by atoms with E-state index in [1.165, 1.54) is 7.11 Å². The second-order valence-corrected chi connectivity index (χ2v) is 8.32. The molecular formula is C24H28O4. The summed E-state index contributed by atoms with van der Waals surface area (Å²) in [5.41, 5.74) is 4.65. The summed E-state index contributed by atoms with van der Waals surface area (Å²) in [7, 11) is 1.39. The lowest BCUT2D eigenvalue weighted by atomic mass is 9.71. The van der Waals surface area contributed by atoms with Gasteiger partial charge in [0.25, 0.3) is 0 Å². The predicted octanol–water partition coefficient (Wildman–Crippen LogP) is 5.11. The Balaban J connectivity index is 2.07. The molecule has 0 aromatic heterocycles. The van der Waals surface area contributed by atoms with Gasteiger partial charge < -0.3 is 9.47 Å². The first-order chi connectivity index (χ1) is 13.2. The number of methoxy groups -OCH3 is 1. The summed E-state index contributed by atoms with van der Waals surface area (Å²) in [5, 5.41) is 0. The van der Waals surface area contributed by atoms with Crippen molar-refractivity contribution < 1.29 is 19.1 Å². The van der Waals surface area contributed by atoms with Crippen LogP contribution in [0.3, 0.4) is 0 Å². The van der Waals surface area contributed by atoms with Crippen molar-refractivity contribution >= 4 is 11.8 Å². The quantitative estimate of drug-likeness (QED) is 0.676. The molecule has 2 aromatic carbocycles. The van der Waals surface area contributed by atoms with Gasteiger partial charge in [0.1, 0.15) is 5.75 Å². The number of benzene rings is 2. The summed E-state index contributed by atoms with van der Waals surface area (Å²) in [6.45, 7) is 8.31. The topological polar surface area (TPSA) is 52.6 Å². The largest absolute Gasteiger partial charge is 0.490 e. The molecule has 0 bridgehead atoms. The molecule has 0 saturated heterocycles. The number of rotatable bonds is 5. The maximum Gasteiger partial charge on any atom is 0.309 e. The highest BCUT2D eigenvalue weighted by molar-refractivity contribution is 6.02. The Kier molecular flexibility index (Phi) is 5.59. The van der Waals surface area contributed by atoms with Crippen LogP contribution in [0.5, 0.6) is 5.75 Å². The van der Waals surface area contributed by atoms with Gasteiger partial charge in [0.2, 0.25) is 0 Å². The summed E-state index contributed by atoms with van der Waals surface area (Å²) >= 11 is 0. The third-order valence-electron chi connectivity index (χ3n) is 5.31. The molecule has 0 aliphatic heterocycles. The predicted molar refractivity (Wildman–Crippen MR) is 110 cm³/mol. The fraction of sp³-hybridized carbons (Fsp3) is 0.417. The molecule has 2 aromatic rings. The second kappa shape index (κ2) is 7.78. The van der Waals surface area contributed by atoms with Gasteiger partial charge in [-0.3, -0.25) is 9.59 Å². The van der Waals surface area contributed by atoms with Gasteiger partial charge in [-0.1, -0.05) is 38.1 Å². The van der Waals surface area contributed by atoms with Gasteiger partial charge in [-0.2, -0.15) is 0 Å². The van der Waals surface area contributed by atoms with Gasteiger partial charge in [-0.15, -0.1) is 0 Å². The smallest absolute Gasteiger partial charge is 0.309 e. The number of hydrogen-bond donors (Lipinski definition) is 0. The summed E-state index contributed by atoms with van der Waals surface area (Å²) in [6, 6.07) is 12.0. The van der Waals surface area contributed by atoms with E-state index in [1.807, 2.05) is 44.2 Å². The van der Waals surface area contributed by atoms with Crippen LogP contribution >= 0.6 is 0 Å². The van der Waals surface area contributed by atoms with Crippen LogP contribution < -0.4 is 4.74 Å². The van der Waals surface area contributed by atoms with Gasteiger partial charge in [0.05, 0.1) is 25.2 Å². The number of ketones is 1. The molecule has 0 radical (unpaired) electrons. The summed E-state index contributed by atoms with van der Waals surface area (Å²) in [6.07, 6.45) is 1.63. The van der Waals surface area contributed by atoms with Crippen LogP contribution in [-0.2, 0) is 21.4 Å². The number of Topliss-reactive ketones (excluding diaryl/α,β-unsaturated/α-hetero) is 1. The molecule has 0 N–H and O–H groups in total. The van der Waals surface area contributed by atoms with E-state index in [-0.39, 0.29) is 29.7 Å². The molecule has 28 heavy (non-hydrogen) atoms. The Hall–Kier alpha value is -2.62. The minimum atomic E-state index is -0.255. The van der Waals surface area contributed by atoms with Crippen LogP contribution in [0.2, 0.25) is 0 Å². The Bertz CT molecular complexity index is 892. The molecule has 0 unspecified atom stereocenters. The summed E-state index contributed by atoms with van der Waals surface area (Å²) in [4.78, 5) is 24.2. The molecule has 0 heterocycles. The zero-order valence-corrected chi connectivity index (χ0v) is 17.3. The Morgan fingerprint density at radius 3 is 2.39 bits per heavy atom. The first kappa shape index (κ1) is 20.1. The lowest BCUT2D eigenvalue weighted by Gasteiger charge is -2.33. The van der Waals surface area contributed by atoms with Gasteiger partial charge in [0.15, 0.2) is 5.78 Å². The van der Waals surface area contributed by atoms with Crippen molar-refractivity contribution in [3.8, 4) is 16.9 Å². The molecule has 0 atom stereocenters. The average molecular weight is 380 g/mol. The number of hydrogen-bond acceptors (Lipinski definition) is 4. The summed E-state index contributed by atoms with van der Waals surface area (Å²) < 4.78 is 10.8. The summed E-state index contributed by atoms with van der Waals surface area (Å²) in [5.74, 6) is 0.568. The molecular weight excluding hydrogens is 352 g/mol. The molecule has 0 amide bonds. The SMILES string of the molecule is COC(=O)Cc1ccc(-c2cc(OC(C)C)c3c(c2)C(C)(C)CCC3=O)cc1. The van der Waals surface area contributed by atoms with E-state index >= 15 is 0 Å². The Labute approximate surface area is 166 Å². The van der Waals surface area contributed by atoms with Crippen molar-refractivity contribution in [1.29, 1.82) is 0 Å². The van der Waals surface area contributed by atoms with Crippen molar-refractivity contribution in [2.75, 3.05) is 7.11 Å². The Morgan fingerprint density at radius 2 is 1.79 bits per heavy atom. The maximum absolute atomic E-state index is 12.7. The lowest BCUT2D eigenvalue weighted by molar-refractivity contribution is -0.139. The highest BCUT2D eigenvalue weighted by Gasteiger charge is 2.34. The zero-order valence-electron chi connectivity index (χ0n) is 17.3. The van der Waals surface area contributed by atoms with Gasteiger partial charge in [-0.25, -0.2) is 0 Å². The van der Waals surface area contributed by atoms with Gasteiger partial charge in [-0.05, 0) is 60.1 Å². The van der Waals surface area contributed by atoms with E-state index in [1.54, 1.807) is 0 Å². The standard InChI is InChI=1S/C24H28O4/c1-15(2)28-21-14-18(13-19-23(21)20(25)10-11-24(19,3)4)17-8-6-16(7-9-17)12-22(26)27-5/h6-9,13-15H,10-12H2,1-5H3. The fourth-order valence-corrected chi connectivity index (χ4v) is 3.69. The third-order valence-corrected chi connectivity index (χ3v) is 5.31. The van der Waals surface area contributed by atoms with Crippen LogP contribution in [-0.4, -0.2) is 25.0 Å². The van der Waals surface area contributed by atoms with Gasteiger partial charge >= 0.3 is 5.97 Å². The first-order valence-electron chi connectivity index (χ1n) is 9.76. The number of esters is 1. The number of carbonyl (C=O) groups excluding carboxylic acids is 2. The van der Waals surface area contributed by atoms with Crippen molar-refractivity contribution in [2.24, 2.45) is 0 Å². The van der Waals surface area contributed by atoms with Crippen LogP contribution in [0.15, 0.2) is 36.4 Å². The van der Waals surface area contributed by atoms with E-state index in [4.69, 9.17) is 9.47 Å². The van der Waals surface area contributed by atoms with Crippen molar-refractivity contribution in [3.05, 3.63) is 53.1 Å². The lowest BCUT2D eigenvalue weighted by Crippen LogP contribution is -2.28. The highest BCUT2D eigenvalue weighted by atomic mass is 16.5. The van der Waals surface area contributed by atoms with E-state index in [2.05, 4.69) is 19.9 Å². The minimum Gasteiger partial charge on any atom is -0.490 e. The monoisotopic (exact) mass is 380 g/mol. The van der Waals surface area contributed by atoms with Gasteiger partial charge in [0, 0.05) is 6.42 Å². The van der Waals surface area contributed by atoms with E-state index in [0.29, 0.717) is 12.2 Å². The van der Waals surface area contributed by atoms with E-state index in [9.17, 15) is 9.59 Å². The van der Waals surface area contributed by atoms with E-state index in [0.717, 1.165) is 34.2 Å². The van der Waals surface area contributed by atoms with Crippen molar-refractivity contribution in [1.82, 2.24) is 0 Å². The zero-order chi connectivity index (χ0) is 20.5. The first-order valence-corrected chi connectivity index (χ1v) is 9.76. The van der Waals surface area contributed by atoms with Crippen LogP contribution in [0.4, 0.5) is 0 Å². The molecule has 0 saturated carbocycles. The molecule has 4 nitrogen and oxygen atoms in total. The van der Waals surface area contributed by atoms with Crippen molar-refractivity contribution in [3.63, 3.8) is 0 Å². The molecule has 148 valence electrons. The highest BCUT2D eigenvalue weighted by Crippen LogP contribution is 2.43. The maximum atomic E-state index is 12.7.